The van der Waals surface area contributed by atoms with Crippen LogP contribution in [-0.2, 0) is 17.6 Å². The van der Waals surface area contributed by atoms with E-state index in [-0.39, 0.29) is 5.91 Å². The van der Waals surface area contributed by atoms with Gasteiger partial charge < -0.3 is 5.32 Å². The zero-order valence-corrected chi connectivity index (χ0v) is 12.6. The molecule has 2 aromatic carbocycles. The lowest BCUT2D eigenvalue weighted by Crippen LogP contribution is -2.27. The van der Waals surface area contributed by atoms with Gasteiger partial charge in [-0.3, -0.25) is 4.79 Å². The van der Waals surface area contributed by atoms with Crippen molar-refractivity contribution in [3.63, 3.8) is 0 Å². The number of carbonyl (C=O) groups excluding carboxylic acids is 1. The van der Waals surface area contributed by atoms with Crippen LogP contribution in [0.25, 0.3) is 0 Å². The summed E-state index contributed by atoms with van der Waals surface area (Å²) in [7, 11) is 0. The molecule has 0 bridgehead atoms. The van der Waals surface area contributed by atoms with Gasteiger partial charge in [-0.1, -0.05) is 35.9 Å². The van der Waals surface area contributed by atoms with Gasteiger partial charge in [-0.2, -0.15) is 0 Å². The number of hydrogen-bond acceptors (Lipinski definition) is 2. The van der Waals surface area contributed by atoms with E-state index in [4.69, 9.17) is 11.6 Å². The van der Waals surface area contributed by atoms with Gasteiger partial charge >= 0.3 is 0 Å². The number of hydrogen-bond donors (Lipinski definition) is 2. The van der Waals surface area contributed by atoms with Crippen LogP contribution in [0, 0.1) is 0 Å². The quantitative estimate of drug-likeness (QED) is 0.813. The van der Waals surface area contributed by atoms with Crippen LogP contribution < -0.4 is 5.32 Å². The number of carbonyl (C=O) groups is 1. The summed E-state index contributed by atoms with van der Waals surface area (Å²) in [6.45, 7) is 0.630. The maximum absolute atomic E-state index is 11.8. The number of benzene rings is 2. The Bertz CT molecular complexity index is 566. The lowest BCUT2D eigenvalue weighted by Gasteiger charge is -2.06. The fourth-order valence-electron chi connectivity index (χ4n) is 1.86. The van der Waals surface area contributed by atoms with Gasteiger partial charge in [-0.25, -0.2) is 0 Å². The molecule has 0 aliphatic heterocycles. The fourth-order valence-corrected chi connectivity index (χ4v) is 2.13. The molecule has 0 saturated carbocycles. The monoisotopic (exact) mass is 305 g/mol. The van der Waals surface area contributed by atoms with E-state index in [0.717, 1.165) is 27.5 Å². The van der Waals surface area contributed by atoms with E-state index >= 15 is 0 Å². The van der Waals surface area contributed by atoms with Crippen molar-refractivity contribution >= 4 is 30.1 Å². The molecule has 4 heteroatoms. The minimum Gasteiger partial charge on any atom is -0.355 e. The van der Waals surface area contributed by atoms with Gasteiger partial charge in [0.05, 0.1) is 6.42 Å². The van der Waals surface area contributed by atoms with E-state index in [0.29, 0.717) is 13.0 Å². The van der Waals surface area contributed by atoms with Crippen molar-refractivity contribution < 1.29 is 4.79 Å². The van der Waals surface area contributed by atoms with Gasteiger partial charge in [0.15, 0.2) is 0 Å². The van der Waals surface area contributed by atoms with Crippen LogP contribution in [0.15, 0.2) is 53.4 Å². The van der Waals surface area contributed by atoms with E-state index in [9.17, 15) is 4.79 Å². The van der Waals surface area contributed by atoms with Gasteiger partial charge in [0.25, 0.3) is 0 Å². The molecule has 0 unspecified atom stereocenters. The summed E-state index contributed by atoms with van der Waals surface area (Å²) >= 11 is 10.0. The zero-order chi connectivity index (χ0) is 14.4. The van der Waals surface area contributed by atoms with Gasteiger partial charge in [0.1, 0.15) is 0 Å². The molecule has 2 rings (SSSR count). The number of halogens is 1. The predicted molar refractivity (Wildman–Crippen MR) is 85.6 cm³/mol. The SMILES string of the molecule is O=C(Cc1ccc(S)cc1)NCCc1ccc(Cl)cc1. The van der Waals surface area contributed by atoms with Crippen molar-refractivity contribution in [2.24, 2.45) is 0 Å². The lowest BCUT2D eigenvalue weighted by molar-refractivity contribution is -0.120. The molecule has 1 amide bonds. The number of rotatable bonds is 5. The van der Waals surface area contributed by atoms with Gasteiger partial charge in [-0.15, -0.1) is 12.6 Å². The second-order valence-corrected chi connectivity index (χ2v) is 5.52. The Morgan fingerprint density at radius 2 is 1.60 bits per heavy atom. The first kappa shape index (κ1) is 14.9. The molecule has 1 N–H and O–H groups in total. The Hall–Kier alpha value is -1.45. The third-order valence-electron chi connectivity index (χ3n) is 2.95. The first-order valence-corrected chi connectivity index (χ1v) is 7.25. The highest BCUT2D eigenvalue weighted by Crippen LogP contribution is 2.10. The smallest absolute Gasteiger partial charge is 0.224 e. The fraction of sp³-hybridized carbons (Fsp3) is 0.188. The Morgan fingerprint density at radius 3 is 2.25 bits per heavy atom. The van der Waals surface area contributed by atoms with E-state index in [1.807, 2.05) is 48.5 Å². The number of nitrogens with one attached hydrogen (secondary N) is 1. The molecule has 0 aromatic heterocycles. The predicted octanol–water partition coefficient (Wildman–Crippen LogP) is 3.53. The summed E-state index contributed by atoms with van der Waals surface area (Å²) < 4.78 is 0. The van der Waals surface area contributed by atoms with Crippen molar-refractivity contribution in [3.8, 4) is 0 Å². The van der Waals surface area contributed by atoms with Crippen LogP contribution in [0.1, 0.15) is 11.1 Å². The van der Waals surface area contributed by atoms with Crippen LogP contribution in [0.4, 0.5) is 0 Å². The summed E-state index contributed by atoms with van der Waals surface area (Å²) in [6.07, 6.45) is 1.20. The molecule has 0 saturated heterocycles. The summed E-state index contributed by atoms with van der Waals surface area (Å²) in [5, 5.41) is 3.65. The summed E-state index contributed by atoms with van der Waals surface area (Å²) in [4.78, 5) is 12.7. The second kappa shape index (κ2) is 7.36. The maximum Gasteiger partial charge on any atom is 0.224 e. The minimum absolute atomic E-state index is 0.0332. The number of thiol groups is 1. The van der Waals surface area contributed by atoms with Crippen LogP contribution in [0.2, 0.25) is 5.02 Å². The molecule has 104 valence electrons. The Balaban J connectivity index is 1.75. The van der Waals surface area contributed by atoms with E-state index in [1.165, 1.54) is 0 Å². The highest BCUT2D eigenvalue weighted by molar-refractivity contribution is 7.80. The zero-order valence-electron chi connectivity index (χ0n) is 11.0. The van der Waals surface area contributed by atoms with E-state index in [2.05, 4.69) is 17.9 Å². The first-order chi connectivity index (χ1) is 9.63. The highest BCUT2D eigenvalue weighted by atomic mass is 35.5. The van der Waals surface area contributed by atoms with Crippen LogP contribution in [-0.4, -0.2) is 12.5 Å². The molecule has 0 fully saturated rings. The van der Waals surface area contributed by atoms with Crippen LogP contribution in [0.5, 0.6) is 0 Å². The molecular weight excluding hydrogens is 290 g/mol. The molecule has 0 atom stereocenters. The van der Waals surface area contributed by atoms with Crippen molar-refractivity contribution in [1.29, 1.82) is 0 Å². The molecule has 0 spiro atoms. The number of amides is 1. The lowest BCUT2D eigenvalue weighted by atomic mass is 10.1. The van der Waals surface area contributed by atoms with Crippen molar-refractivity contribution in [3.05, 3.63) is 64.7 Å². The maximum atomic E-state index is 11.8. The molecular formula is C16H16ClNOS. The second-order valence-electron chi connectivity index (χ2n) is 4.57. The van der Waals surface area contributed by atoms with Crippen LogP contribution in [0.3, 0.4) is 0 Å². The summed E-state index contributed by atoms with van der Waals surface area (Å²) in [5.74, 6) is 0.0332. The van der Waals surface area contributed by atoms with Gasteiger partial charge in [0, 0.05) is 16.5 Å². The van der Waals surface area contributed by atoms with Crippen molar-refractivity contribution in [2.45, 2.75) is 17.7 Å². The van der Waals surface area contributed by atoms with Crippen LogP contribution >= 0.6 is 24.2 Å². The molecule has 0 aliphatic carbocycles. The average molecular weight is 306 g/mol. The standard InChI is InChI=1S/C16H16ClNOS/c17-14-5-1-12(2-6-14)9-10-18-16(19)11-13-3-7-15(20)8-4-13/h1-8,20H,9-11H2,(H,18,19). The topological polar surface area (TPSA) is 29.1 Å². The first-order valence-electron chi connectivity index (χ1n) is 6.42. The minimum atomic E-state index is 0.0332. The molecule has 0 aliphatic rings. The molecule has 2 nitrogen and oxygen atoms in total. The summed E-state index contributed by atoms with van der Waals surface area (Å²) in [6, 6.07) is 15.3. The van der Waals surface area contributed by atoms with Gasteiger partial charge in [-0.05, 0) is 41.8 Å². The Labute approximate surface area is 129 Å². The van der Waals surface area contributed by atoms with E-state index in [1.54, 1.807) is 0 Å². The average Bonchev–Trinajstić information content (AvgIpc) is 2.44. The Kier molecular flexibility index (Phi) is 5.50. The molecule has 2 aromatic rings. The van der Waals surface area contributed by atoms with E-state index < -0.39 is 0 Å². The highest BCUT2D eigenvalue weighted by Gasteiger charge is 2.03. The molecule has 0 radical (unpaired) electrons. The van der Waals surface area contributed by atoms with Crippen molar-refractivity contribution in [1.82, 2.24) is 5.32 Å². The third kappa shape index (κ3) is 4.91. The molecule has 0 heterocycles. The Morgan fingerprint density at radius 1 is 1.00 bits per heavy atom. The molecule has 20 heavy (non-hydrogen) atoms. The van der Waals surface area contributed by atoms with Gasteiger partial charge in [0.2, 0.25) is 5.91 Å². The summed E-state index contributed by atoms with van der Waals surface area (Å²) in [5.41, 5.74) is 2.15. The van der Waals surface area contributed by atoms with Crippen molar-refractivity contribution in [2.75, 3.05) is 6.54 Å². The largest absolute Gasteiger partial charge is 0.355 e. The third-order valence-corrected chi connectivity index (χ3v) is 3.50. The normalized spacial score (nSPS) is 10.3.